The van der Waals surface area contributed by atoms with Gasteiger partial charge in [-0.25, -0.2) is 4.21 Å². The summed E-state index contributed by atoms with van der Waals surface area (Å²) in [4.78, 5) is 12.6. The fraction of sp³-hybridized carbons (Fsp3) is 0.238. The fourth-order valence-electron chi connectivity index (χ4n) is 3.77. The Morgan fingerprint density at radius 3 is 2.42 bits per heavy atom. The van der Waals surface area contributed by atoms with Crippen LogP contribution in [0.3, 0.4) is 0 Å². The van der Waals surface area contributed by atoms with Gasteiger partial charge >= 0.3 is 6.18 Å². The van der Waals surface area contributed by atoms with E-state index in [-0.39, 0.29) is 0 Å². The summed E-state index contributed by atoms with van der Waals surface area (Å²) >= 11 is 0. The van der Waals surface area contributed by atoms with Gasteiger partial charge in [-0.3, -0.25) is 14.0 Å². The Kier molecular flexibility index (Phi) is 4.27. The predicted octanol–water partition coefficient (Wildman–Crippen LogP) is 4.55. The highest BCUT2D eigenvalue weighted by molar-refractivity contribution is 7.95. The number of alkyl halides is 3. The summed E-state index contributed by atoms with van der Waals surface area (Å²) in [6, 6.07) is 9.83. The van der Waals surface area contributed by atoms with Gasteiger partial charge in [0.2, 0.25) is 0 Å². The monoisotopic (exact) mass is 446 g/mol. The van der Waals surface area contributed by atoms with E-state index < -0.39 is 27.4 Å². The smallest absolute Gasteiger partial charge is 0.292 e. The summed E-state index contributed by atoms with van der Waals surface area (Å²) in [5.41, 5.74) is 1.36. The van der Waals surface area contributed by atoms with Gasteiger partial charge in [0.1, 0.15) is 0 Å². The number of benzene rings is 2. The lowest BCUT2D eigenvalue weighted by Crippen LogP contribution is -2.24. The minimum Gasteiger partial charge on any atom is -0.292 e. The molecule has 160 valence electrons. The van der Waals surface area contributed by atoms with Gasteiger partial charge < -0.3 is 0 Å². The Hall–Kier alpha value is -3.14. The molecule has 2 aromatic carbocycles. The molecule has 1 amide bonds. The van der Waals surface area contributed by atoms with Crippen LogP contribution in [-0.2, 0) is 23.0 Å². The number of aryl methyl sites for hydroxylation is 1. The molecule has 4 aromatic rings. The first-order valence-corrected chi connectivity index (χ1v) is 11.4. The predicted molar refractivity (Wildman–Crippen MR) is 112 cm³/mol. The second kappa shape index (κ2) is 6.68. The van der Waals surface area contributed by atoms with Crippen molar-refractivity contribution >= 4 is 37.6 Å². The highest BCUT2D eigenvalue weighted by Crippen LogP contribution is 2.34. The lowest BCUT2D eigenvalue weighted by molar-refractivity contribution is -0.137. The highest BCUT2D eigenvalue weighted by atomic mass is 32.2. The average Bonchev–Trinajstić information content (AvgIpc) is 3.20. The number of carbonyl (C=O) groups excluding carboxylic acids is 1. The topological polar surface area (TPSA) is 69.2 Å². The zero-order chi connectivity index (χ0) is 22.0. The van der Waals surface area contributed by atoms with Crippen LogP contribution in [0.4, 0.5) is 13.2 Å². The van der Waals surface area contributed by atoms with E-state index in [2.05, 4.69) is 9.46 Å². The molecule has 0 unspecified atom stereocenters. The molecule has 0 spiro atoms. The van der Waals surface area contributed by atoms with Crippen LogP contribution in [0.15, 0.2) is 53.0 Å². The number of aromatic nitrogens is 3. The summed E-state index contributed by atoms with van der Waals surface area (Å²) < 4.78 is 58.5. The van der Waals surface area contributed by atoms with E-state index in [1.54, 1.807) is 40.7 Å². The largest absolute Gasteiger partial charge is 0.416 e. The number of hydrogen-bond acceptors (Lipinski definition) is 3. The maximum atomic E-state index is 13.0. The lowest BCUT2D eigenvalue weighted by Gasteiger charge is -2.17. The molecule has 0 aliphatic carbocycles. The first kappa shape index (κ1) is 19.8. The van der Waals surface area contributed by atoms with E-state index in [0.29, 0.717) is 39.3 Å². The van der Waals surface area contributed by atoms with Crippen LogP contribution in [0.2, 0.25) is 0 Å². The van der Waals surface area contributed by atoms with Crippen molar-refractivity contribution < 1.29 is 22.2 Å². The maximum Gasteiger partial charge on any atom is 0.416 e. The third kappa shape index (κ3) is 3.31. The maximum absolute atomic E-state index is 13.0. The highest BCUT2D eigenvalue weighted by Gasteiger charge is 2.30. The molecular formula is C21H17F3N4O2S. The molecule has 1 aliphatic rings. The van der Waals surface area contributed by atoms with Gasteiger partial charge in [-0.1, -0.05) is 0 Å². The van der Waals surface area contributed by atoms with Gasteiger partial charge in [0.15, 0.2) is 5.65 Å². The molecule has 10 heteroatoms. The van der Waals surface area contributed by atoms with Crippen molar-refractivity contribution in [2.75, 3.05) is 11.5 Å². The van der Waals surface area contributed by atoms with Crippen LogP contribution < -0.4 is 0 Å². The summed E-state index contributed by atoms with van der Waals surface area (Å²) in [6.07, 6.45) is -1.82. The van der Waals surface area contributed by atoms with Gasteiger partial charge in [-0.2, -0.15) is 22.6 Å². The normalized spacial score (nSPS) is 15.9. The Morgan fingerprint density at radius 1 is 1.10 bits per heavy atom. The van der Waals surface area contributed by atoms with Crippen LogP contribution in [-0.4, -0.2) is 36.0 Å². The first-order chi connectivity index (χ1) is 14.6. The molecule has 5 rings (SSSR count). The lowest BCUT2D eigenvalue weighted by atomic mass is 10.1. The number of fused-ring (bicyclic) bond motifs is 3. The molecule has 1 fully saturated rings. The molecule has 0 bridgehead atoms. The number of rotatable bonds is 2. The molecule has 0 atom stereocenters. The summed E-state index contributed by atoms with van der Waals surface area (Å²) in [5.74, 6) is 0.363. The molecule has 2 aromatic heterocycles. The van der Waals surface area contributed by atoms with Crippen molar-refractivity contribution in [2.45, 2.75) is 12.6 Å². The standard InChI is InChI=1S/C21H17F3N4O2S/c1-27-12-17-16-11-13(20(29)26-31(30)9-2-10-31)3-8-18(16)28(19(17)25-27)15-6-4-14(5-7-15)21(22,23)24/h3-8,11-12H,2,9-10H2,1H3. The molecule has 0 saturated carbocycles. The van der Waals surface area contributed by atoms with Crippen molar-refractivity contribution in [2.24, 2.45) is 11.4 Å². The molecule has 0 N–H and O–H groups in total. The number of carbonyl (C=O) groups is 1. The number of amides is 1. The van der Waals surface area contributed by atoms with Gasteiger partial charge in [0.05, 0.1) is 20.8 Å². The van der Waals surface area contributed by atoms with Crippen LogP contribution in [0, 0.1) is 0 Å². The van der Waals surface area contributed by atoms with E-state index in [1.807, 2.05) is 0 Å². The Balaban J connectivity index is 1.68. The zero-order valence-electron chi connectivity index (χ0n) is 16.4. The van der Waals surface area contributed by atoms with Crippen molar-refractivity contribution in [3.63, 3.8) is 0 Å². The number of halogens is 3. The molecule has 1 saturated heterocycles. The van der Waals surface area contributed by atoms with Crippen LogP contribution in [0.1, 0.15) is 22.3 Å². The van der Waals surface area contributed by atoms with Crippen molar-refractivity contribution in [3.8, 4) is 5.69 Å². The second-order valence-corrected chi connectivity index (χ2v) is 10.1. The van der Waals surface area contributed by atoms with Crippen molar-refractivity contribution in [3.05, 3.63) is 59.8 Å². The molecule has 3 heterocycles. The van der Waals surface area contributed by atoms with E-state index in [4.69, 9.17) is 0 Å². The Bertz CT molecular complexity index is 1460. The summed E-state index contributed by atoms with van der Waals surface area (Å²) in [5, 5.41) is 5.92. The van der Waals surface area contributed by atoms with Crippen molar-refractivity contribution in [1.82, 2.24) is 14.3 Å². The second-order valence-electron chi connectivity index (χ2n) is 7.58. The zero-order valence-corrected chi connectivity index (χ0v) is 17.2. The summed E-state index contributed by atoms with van der Waals surface area (Å²) in [7, 11) is -0.676. The average molecular weight is 446 g/mol. The van der Waals surface area contributed by atoms with E-state index >= 15 is 0 Å². The minimum atomic E-state index is -4.42. The third-order valence-electron chi connectivity index (χ3n) is 5.42. The molecular weight excluding hydrogens is 429 g/mol. The van der Waals surface area contributed by atoms with Crippen LogP contribution in [0.25, 0.3) is 27.6 Å². The minimum absolute atomic E-state index is 0.317. The molecule has 6 nitrogen and oxygen atoms in total. The van der Waals surface area contributed by atoms with E-state index in [0.717, 1.165) is 23.9 Å². The van der Waals surface area contributed by atoms with Gasteiger partial charge in [0.25, 0.3) is 5.91 Å². The van der Waals surface area contributed by atoms with Gasteiger partial charge in [0, 0.05) is 46.8 Å². The Morgan fingerprint density at radius 2 is 1.81 bits per heavy atom. The van der Waals surface area contributed by atoms with Crippen LogP contribution >= 0.6 is 0 Å². The number of nitrogens with zero attached hydrogens (tertiary/aromatic N) is 4. The fourth-order valence-corrected chi connectivity index (χ4v) is 5.15. The van der Waals surface area contributed by atoms with Gasteiger partial charge in [-0.15, -0.1) is 0 Å². The van der Waals surface area contributed by atoms with Gasteiger partial charge in [-0.05, 0) is 48.9 Å². The third-order valence-corrected chi connectivity index (χ3v) is 7.78. The van der Waals surface area contributed by atoms with E-state index in [1.165, 1.54) is 12.1 Å². The van der Waals surface area contributed by atoms with Crippen LogP contribution in [0.5, 0.6) is 0 Å². The SMILES string of the molecule is Cn1cc2c3cc(C(=O)N=S4(=O)CCC4)ccc3n(-c3ccc(C(F)(F)F)cc3)c2n1. The first-order valence-electron chi connectivity index (χ1n) is 9.57. The quantitative estimate of drug-likeness (QED) is 0.454. The summed E-state index contributed by atoms with van der Waals surface area (Å²) in [6.45, 7) is 0. The number of hydrogen-bond donors (Lipinski definition) is 0. The van der Waals surface area contributed by atoms with E-state index in [9.17, 15) is 22.2 Å². The van der Waals surface area contributed by atoms with Crippen molar-refractivity contribution in [1.29, 1.82) is 0 Å². The molecule has 0 radical (unpaired) electrons. The molecule has 31 heavy (non-hydrogen) atoms. The Labute approximate surface area is 175 Å². The molecule has 1 aliphatic heterocycles.